The second-order valence-corrected chi connectivity index (χ2v) is 11.3. The maximum absolute atomic E-state index is 13.3. The molecule has 2 atom stereocenters. The molecule has 0 amide bonds. The summed E-state index contributed by atoms with van der Waals surface area (Å²) in [5.41, 5.74) is 2.05. The Kier molecular flexibility index (Phi) is 5.81. The molecule has 0 bridgehead atoms. The zero-order valence-corrected chi connectivity index (χ0v) is 20.1. The summed E-state index contributed by atoms with van der Waals surface area (Å²) in [5.74, 6) is 0.395. The second-order valence-electron chi connectivity index (χ2n) is 9.30. The van der Waals surface area contributed by atoms with E-state index in [2.05, 4.69) is 15.9 Å². The van der Waals surface area contributed by atoms with E-state index in [9.17, 15) is 12.8 Å². The molecular weight excluding hydrogens is 453 g/mol. The summed E-state index contributed by atoms with van der Waals surface area (Å²) < 4.78 is 49.5. The Morgan fingerprint density at radius 2 is 2.00 bits per heavy atom. The van der Waals surface area contributed by atoms with Gasteiger partial charge in [0.1, 0.15) is 17.2 Å². The Morgan fingerprint density at radius 1 is 1.24 bits per heavy atom. The van der Waals surface area contributed by atoms with E-state index in [1.54, 1.807) is 23.0 Å². The number of fused-ring (bicyclic) bond motifs is 1. The standard InChI is InChI=1S/C26H28FN3O3S/c1-18-5-3-4-14-26(18,16-19(2)29-34(31,32)24-11-12-24)33-23-10-13-25-20(15-23)17-28-30(25)22-8-6-21(27)7-9-22/h3-10,13,15,17,19,24,29H,11-12,14,16H2,1-2H3. The lowest BCUT2D eigenvalue weighted by molar-refractivity contribution is 0.0910. The van der Waals surface area contributed by atoms with Gasteiger partial charge in [0.15, 0.2) is 0 Å². The summed E-state index contributed by atoms with van der Waals surface area (Å²) in [6.07, 6.45) is 10.5. The third-order valence-electron chi connectivity index (χ3n) is 6.54. The van der Waals surface area contributed by atoms with Crippen molar-refractivity contribution in [3.63, 3.8) is 0 Å². The molecule has 1 aromatic heterocycles. The highest BCUT2D eigenvalue weighted by molar-refractivity contribution is 7.90. The summed E-state index contributed by atoms with van der Waals surface area (Å²) in [4.78, 5) is 0. The number of sulfonamides is 1. The molecule has 5 rings (SSSR count). The predicted molar refractivity (Wildman–Crippen MR) is 131 cm³/mol. The van der Waals surface area contributed by atoms with E-state index in [0.717, 1.165) is 35.0 Å². The van der Waals surface area contributed by atoms with Gasteiger partial charge >= 0.3 is 0 Å². The number of hydrogen-bond donors (Lipinski definition) is 1. The quantitative estimate of drug-likeness (QED) is 0.489. The molecule has 34 heavy (non-hydrogen) atoms. The van der Waals surface area contributed by atoms with Gasteiger partial charge in [-0.15, -0.1) is 0 Å². The van der Waals surface area contributed by atoms with Gasteiger partial charge in [0.2, 0.25) is 10.0 Å². The lowest BCUT2D eigenvalue weighted by atomic mass is 9.82. The lowest BCUT2D eigenvalue weighted by Crippen LogP contribution is -2.46. The SMILES string of the molecule is CC1=CC=CCC1(CC(C)NS(=O)(=O)C1CC1)Oc1ccc2c(cnn2-c2ccc(F)cc2)c1. The van der Waals surface area contributed by atoms with Gasteiger partial charge in [0.25, 0.3) is 0 Å². The summed E-state index contributed by atoms with van der Waals surface area (Å²) in [6.45, 7) is 3.92. The minimum Gasteiger partial charge on any atom is -0.483 e. The zero-order valence-electron chi connectivity index (χ0n) is 19.2. The van der Waals surface area contributed by atoms with Crippen LogP contribution in [-0.2, 0) is 10.0 Å². The molecule has 0 radical (unpaired) electrons. The van der Waals surface area contributed by atoms with Crippen molar-refractivity contribution in [2.24, 2.45) is 0 Å². The first-order valence-corrected chi connectivity index (χ1v) is 13.1. The second kappa shape index (κ2) is 8.67. The van der Waals surface area contributed by atoms with Crippen LogP contribution < -0.4 is 9.46 Å². The molecule has 6 nitrogen and oxygen atoms in total. The van der Waals surface area contributed by atoms with Crippen molar-refractivity contribution in [1.82, 2.24) is 14.5 Å². The van der Waals surface area contributed by atoms with E-state index in [0.29, 0.717) is 18.6 Å². The minimum atomic E-state index is -3.29. The zero-order chi connectivity index (χ0) is 23.9. The molecule has 178 valence electrons. The van der Waals surface area contributed by atoms with Crippen LogP contribution in [0.2, 0.25) is 0 Å². The molecule has 1 heterocycles. The minimum absolute atomic E-state index is 0.255. The van der Waals surface area contributed by atoms with Crippen LogP contribution in [0.1, 0.15) is 39.5 Å². The van der Waals surface area contributed by atoms with Crippen LogP contribution >= 0.6 is 0 Å². The molecule has 1 saturated carbocycles. The van der Waals surface area contributed by atoms with Gasteiger partial charge in [0, 0.05) is 24.3 Å². The molecule has 0 spiro atoms. The van der Waals surface area contributed by atoms with Crippen LogP contribution in [-0.4, -0.2) is 35.1 Å². The van der Waals surface area contributed by atoms with Gasteiger partial charge in [-0.2, -0.15) is 5.10 Å². The first-order chi connectivity index (χ1) is 16.3. The average molecular weight is 482 g/mol. The third kappa shape index (κ3) is 4.52. The van der Waals surface area contributed by atoms with Gasteiger partial charge in [0.05, 0.1) is 22.7 Å². The molecule has 0 aliphatic heterocycles. The molecule has 2 aliphatic carbocycles. The van der Waals surface area contributed by atoms with E-state index in [1.807, 2.05) is 44.2 Å². The van der Waals surface area contributed by atoms with Gasteiger partial charge in [-0.3, -0.25) is 0 Å². The maximum atomic E-state index is 13.3. The number of nitrogens with one attached hydrogen (secondary N) is 1. The fourth-order valence-electron chi connectivity index (χ4n) is 4.57. The third-order valence-corrected chi connectivity index (χ3v) is 8.62. The van der Waals surface area contributed by atoms with Crippen LogP contribution in [0, 0.1) is 5.82 Å². The fourth-order valence-corrected chi connectivity index (χ4v) is 6.16. The van der Waals surface area contributed by atoms with Crippen LogP contribution in [0.4, 0.5) is 4.39 Å². The number of hydrogen-bond acceptors (Lipinski definition) is 4. The molecular formula is C26H28FN3O3S. The van der Waals surface area contributed by atoms with Crippen molar-refractivity contribution in [3.8, 4) is 11.4 Å². The van der Waals surface area contributed by atoms with Crippen molar-refractivity contribution < 1.29 is 17.5 Å². The summed E-state index contributed by atoms with van der Waals surface area (Å²) in [5, 5.41) is 5.11. The van der Waals surface area contributed by atoms with Crippen molar-refractivity contribution in [2.75, 3.05) is 0 Å². The van der Waals surface area contributed by atoms with E-state index in [4.69, 9.17) is 4.74 Å². The molecule has 2 unspecified atom stereocenters. The monoisotopic (exact) mass is 481 g/mol. The van der Waals surface area contributed by atoms with E-state index < -0.39 is 15.6 Å². The first-order valence-electron chi connectivity index (χ1n) is 11.5. The van der Waals surface area contributed by atoms with E-state index >= 15 is 0 Å². The molecule has 8 heteroatoms. The molecule has 2 aromatic carbocycles. The molecule has 2 aliphatic rings. The topological polar surface area (TPSA) is 73.2 Å². The van der Waals surface area contributed by atoms with Crippen molar-refractivity contribution in [2.45, 2.75) is 56.4 Å². The van der Waals surface area contributed by atoms with Crippen molar-refractivity contribution in [3.05, 3.63) is 78.3 Å². The number of halogens is 1. The Hall–Kier alpha value is -2.97. The highest BCUT2D eigenvalue weighted by Crippen LogP contribution is 2.37. The van der Waals surface area contributed by atoms with Crippen LogP contribution in [0.25, 0.3) is 16.6 Å². The number of ether oxygens (including phenoxy) is 1. The first kappa shape index (κ1) is 22.8. The average Bonchev–Trinajstić information content (AvgIpc) is 3.58. The number of nitrogens with zero attached hydrogens (tertiary/aromatic N) is 2. The smallest absolute Gasteiger partial charge is 0.214 e. The van der Waals surface area contributed by atoms with Gasteiger partial charge in [-0.05, 0) is 74.7 Å². The van der Waals surface area contributed by atoms with Crippen molar-refractivity contribution >= 4 is 20.9 Å². The summed E-state index contributed by atoms with van der Waals surface area (Å²) in [6, 6.07) is 11.7. The fraction of sp³-hybridized carbons (Fsp3) is 0.346. The van der Waals surface area contributed by atoms with Crippen LogP contribution in [0.15, 0.2) is 72.5 Å². The molecule has 0 saturated heterocycles. The Morgan fingerprint density at radius 3 is 2.71 bits per heavy atom. The van der Waals surface area contributed by atoms with E-state index in [1.165, 1.54) is 12.1 Å². The highest BCUT2D eigenvalue weighted by Gasteiger charge is 2.40. The molecule has 1 N–H and O–H groups in total. The number of rotatable bonds is 8. The normalized spacial score (nSPS) is 21.4. The van der Waals surface area contributed by atoms with Crippen LogP contribution in [0.3, 0.4) is 0 Å². The van der Waals surface area contributed by atoms with Gasteiger partial charge < -0.3 is 4.74 Å². The predicted octanol–water partition coefficient (Wildman–Crippen LogP) is 5.05. The highest BCUT2D eigenvalue weighted by atomic mass is 32.2. The Labute approximate surface area is 199 Å². The van der Waals surface area contributed by atoms with E-state index in [-0.39, 0.29) is 17.1 Å². The summed E-state index contributed by atoms with van der Waals surface area (Å²) in [7, 11) is -3.29. The van der Waals surface area contributed by atoms with Crippen molar-refractivity contribution in [1.29, 1.82) is 0 Å². The Balaban J connectivity index is 1.41. The number of allylic oxidation sites excluding steroid dienone is 2. The largest absolute Gasteiger partial charge is 0.483 e. The lowest BCUT2D eigenvalue weighted by Gasteiger charge is -2.38. The molecule has 3 aromatic rings. The van der Waals surface area contributed by atoms with Gasteiger partial charge in [-0.25, -0.2) is 22.2 Å². The molecule has 1 fully saturated rings. The maximum Gasteiger partial charge on any atom is 0.214 e. The number of aromatic nitrogens is 2. The number of benzene rings is 2. The van der Waals surface area contributed by atoms with Gasteiger partial charge in [-0.1, -0.05) is 18.2 Å². The van der Waals surface area contributed by atoms with Crippen LogP contribution in [0.5, 0.6) is 5.75 Å². The summed E-state index contributed by atoms with van der Waals surface area (Å²) >= 11 is 0. The Bertz CT molecular complexity index is 1370.